The molecule has 2 rings (SSSR count). The molecule has 4 heteroatoms. The Morgan fingerprint density at radius 3 is 2.89 bits per heavy atom. The summed E-state index contributed by atoms with van der Waals surface area (Å²) in [7, 11) is 4.04. The summed E-state index contributed by atoms with van der Waals surface area (Å²) in [5.74, 6) is 0.124. The summed E-state index contributed by atoms with van der Waals surface area (Å²) in [6, 6.07) is 6.20. The van der Waals surface area contributed by atoms with E-state index < -0.39 is 0 Å². The van der Waals surface area contributed by atoms with Gasteiger partial charge in [-0.15, -0.1) is 0 Å². The molecule has 104 valence electrons. The molecule has 0 N–H and O–H groups in total. The summed E-state index contributed by atoms with van der Waals surface area (Å²) in [6.45, 7) is 4.09. The minimum atomic E-state index is 0.124. The van der Waals surface area contributed by atoms with Crippen molar-refractivity contribution in [2.24, 2.45) is 0 Å². The number of hydrogen-bond acceptors (Lipinski definition) is 2. The molecular formula is C15H21BrN2O. The van der Waals surface area contributed by atoms with Crippen molar-refractivity contribution >= 4 is 21.8 Å². The van der Waals surface area contributed by atoms with Gasteiger partial charge >= 0.3 is 0 Å². The Kier molecular flexibility index (Phi) is 4.63. The van der Waals surface area contributed by atoms with Crippen LogP contribution in [0.1, 0.15) is 28.8 Å². The summed E-state index contributed by atoms with van der Waals surface area (Å²) < 4.78 is 0.954. The molecule has 1 amide bonds. The highest BCUT2D eigenvalue weighted by molar-refractivity contribution is 9.10. The van der Waals surface area contributed by atoms with E-state index in [9.17, 15) is 4.79 Å². The van der Waals surface area contributed by atoms with Crippen LogP contribution in [0.25, 0.3) is 0 Å². The first-order valence-corrected chi connectivity index (χ1v) is 7.50. The van der Waals surface area contributed by atoms with Gasteiger partial charge in [-0.25, -0.2) is 0 Å². The van der Waals surface area contributed by atoms with Gasteiger partial charge in [0.1, 0.15) is 0 Å². The normalized spacial score (nSPS) is 20.3. The van der Waals surface area contributed by atoms with Crippen LogP contribution in [0.15, 0.2) is 22.7 Å². The lowest BCUT2D eigenvalue weighted by Gasteiger charge is -2.36. The first kappa shape index (κ1) is 14.5. The molecule has 0 aromatic heterocycles. The Labute approximate surface area is 123 Å². The van der Waals surface area contributed by atoms with E-state index in [0.29, 0.717) is 6.04 Å². The minimum Gasteiger partial charge on any atom is -0.337 e. The third-order valence-corrected chi connectivity index (χ3v) is 4.39. The second kappa shape index (κ2) is 6.06. The van der Waals surface area contributed by atoms with Crippen molar-refractivity contribution in [3.63, 3.8) is 0 Å². The molecule has 1 fully saturated rings. The number of likely N-dealkylation sites (tertiary alicyclic amines) is 1. The molecule has 0 radical (unpaired) electrons. The zero-order valence-electron chi connectivity index (χ0n) is 11.8. The van der Waals surface area contributed by atoms with E-state index in [1.165, 1.54) is 0 Å². The van der Waals surface area contributed by atoms with Crippen LogP contribution in [-0.2, 0) is 0 Å². The van der Waals surface area contributed by atoms with Crippen LogP contribution in [0.5, 0.6) is 0 Å². The van der Waals surface area contributed by atoms with Crippen molar-refractivity contribution in [2.75, 3.05) is 27.2 Å². The first-order valence-electron chi connectivity index (χ1n) is 6.71. The highest BCUT2D eigenvalue weighted by Crippen LogP contribution is 2.20. The molecule has 1 unspecified atom stereocenters. The van der Waals surface area contributed by atoms with Gasteiger partial charge in [-0.2, -0.15) is 0 Å². The number of halogens is 1. The standard InChI is InChI=1S/C15H21BrN2O/c1-11-6-7-12(16)9-14(11)15(19)18(3)13-5-4-8-17(2)10-13/h6-7,9,13H,4-5,8,10H2,1-3H3. The Hall–Kier alpha value is -0.870. The Balaban J connectivity index is 2.16. The topological polar surface area (TPSA) is 23.6 Å². The molecule has 0 spiro atoms. The largest absolute Gasteiger partial charge is 0.337 e. The van der Waals surface area contributed by atoms with E-state index in [0.717, 1.165) is 41.5 Å². The molecule has 1 aliphatic rings. The lowest BCUT2D eigenvalue weighted by molar-refractivity contribution is 0.0643. The van der Waals surface area contributed by atoms with Gasteiger partial charge in [0.2, 0.25) is 0 Å². The second-order valence-electron chi connectivity index (χ2n) is 5.43. The van der Waals surface area contributed by atoms with Gasteiger partial charge in [-0.1, -0.05) is 22.0 Å². The Bertz CT molecular complexity index is 475. The summed E-state index contributed by atoms with van der Waals surface area (Å²) in [5, 5.41) is 0. The fraction of sp³-hybridized carbons (Fsp3) is 0.533. The molecule has 0 bridgehead atoms. The molecule has 3 nitrogen and oxygen atoms in total. The van der Waals surface area contributed by atoms with Crippen molar-refractivity contribution in [3.05, 3.63) is 33.8 Å². The number of hydrogen-bond donors (Lipinski definition) is 0. The molecule has 1 aromatic rings. The third-order valence-electron chi connectivity index (χ3n) is 3.90. The molecular weight excluding hydrogens is 304 g/mol. The monoisotopic (exact) mass is 324 g/mol. The fourth-order valence-electron chi connectivity index (χ4n) is 2.64. The highest BCUT2D eigenvalue weighted by atomic mass is 79.9. The van der Waals surface area contributed by atoms with Crippen molar-refractivity contribution in [2.45, 2.75) is 25.8 Å². The van der Waals surface area contributed by atoms with Gasteiger partial charge < -0.3 is 9.80 Å². The number of nitrogens with zero attached hydrogens (tertiary/aromatic N) is 2. The predicted octanol–water partition coefficient (Wildman–Crippen LogP) is 2.92. The van der Waals surface area contributed by atoms with Crippen LogP contribution in [0.3, 0.4) is 0 Å². The molecule has 0 aliphatic carbocycles. The van der Waals surface area contributed by atoms with Crippen LogP contribution in [-0.4, -0.2) is 48.9 Å². The number of likely N-dealkylation sites (N-methyl/N-ethyl adjacent to an activating group) is 2. The zero-order valence-corrected chi connectivity index (χ0v) is 13.4. The summed E-state index contributed by atoms with van der Waals surface area (Å²) in [6.07, 6.45) is 2.26. The highest BCUT2D eigenvalue weighted by Gasteiger charge is 2.25. The molecule has 1 heterocycles. The maximum absolute atomic E-state index is 12.6. The summed E-state index contributed by atoms with van der Waals surface area (Å²) in [5.41, 5.74) is 1.83. The van der Waals surface area contributed by atoms with Gasteiger partial charge in [0.25, 0.3) is 5.91 Å². The van der Waals surface area contributed by atoms with E-state index in [2.05, 4.69) is 27.9 Å². The van der Waals surface area contributed by atoms with E-state index >= 15 is 0 Å². The molecule has 0 saturated carbocycles. The number of aryl methyl sites for hydroxylation is 1. The molecule has 1 saturated heterocycles. The SMILES string of the molecule is Cc1ccc(Br)cc1C(=O)N(C)C1CCCN(C)C1. The number of rotatable bonds is 2. The van der Waals surface area contributed by atoms with Crippen molar-refractivity contribution in [3.8, 4) is 0 Å². The maximum atomic E-state index is 12.6. The quantitative estimate of drug-likeness (QED) is 0.835. The number of carbonyl (C=O) groups is 1. The van der Waals surface area contributed by atoms with E-state index in [1.807, 2.05) is 37.1 Å². The van der Waals surface area contributed by atoms with Crippen molar-refractivity contribution in [1.29, 1.82) is 0 Å². The van der Waals surface area contributed by atoms with Gasteiger partial charge in [0.15, 0.2) is 0 Å². The van der Waals surface area contributed by atoms with Crippen LogP contribution in [0.4, 0.5) is 0 Å². The van der Waals surface area contributed by atoms with Gasteiger partial charge in [-0.3, -0.25) is 4.79 Å². The van der Waals surface area contributed by atoms with Crippen LogP contribution < -0.4 is 0 Å². The molecule has 1 aliphatic heterocycles. The van der Waals surface area contributed by atoms with Crippen molar-refractivity contribution in [1.82, 2.24) is 9.80 Å². The van der Waals surface area contributed by atoms with Crippen LogP contribution in [0.2, 0.25) is 0 Å². The van der Waals surface area contributed by atoms with Crippen LogP contribution in [0, 0.1) is 6.92 Å². The van der Waals surface area contributed by atoms with Gasteiger partial charge in [0, 0.05) is 29.7 Å². The number of benzene rings is 1. The van der Waals surface area contributed by atoms with E-state index in [1.54, 1.807) is 0 Å². The minimum absolute atomic E-state index is 0.124. The summed E-state index contributed by atoms with van der Waals surface area (Å²) >= 11 is 3.44. The average molecular weight is 325 g/mol. The number of piperidine rings is 1. The zero-order chi connectivity index (χ0) is 14.0. The molecule has 19 heavy (non-hydrogen) atoms. The Morgan fingerprint density at radius 2 is 2.21 bits per heavy atom. The second-order valence-corrected chi connectivity index (χ2v) is 6.35. The van der Waals surface area contributed by atoms with Gasteiger partial charge in [0.05, 0.1) is 0 Å². The lowest BCUT2D eigenvalue weighted by Crippen LogP contribution is -2.47. The molecule has 1 atom stereocenters. The maximum Gasteiger partial charge on any atom is 0.254 e. The van der Waals surface area contributed by atoms with E-state index in [-0.39, 0.29) is 5.91 Å². The average Bonchev–Trinajstić information content (AvgIpc) is 2.40. The first-order chi connectivity index (χ1) is 8.99. The predicted molar refractivity (Wildman–Crippen MR) is 81.5 cm³/mol. The van der Waals surface area contributed by atoms with Crippen molar-refractivity contribution < 1.29 is 4.79 Å². The molecule has 1 aromatic carbocycles. The smallest absolute Gasteiger partial charge is 0.254 e. The number of carbonyl (C=O) groups excluding carboxylic acids is 1. The van der Waals surface area contributed by atoms with Gasteiger partial charge in [-0.05, 0) is 51.1 Å². The fourth-order valence-corrected chi connectivity index (χ4v) is 3.00. The lowest BCUT2D eigenvalue weighted by atomic mass is 10.0. The number of amides is 1. The Morgan fingerprint density at radius 1 is 1.47 bits per heavy atom. The third kappa shape index (κ3) is 3.37. The van der Waals surface area contributed by atoms with E-state index in [4.69, 9.17) is 0 Å². The van der Waals surface area contributed by atoms with Crippen LogP contribution >= 0.6 is 15.9 Å². The summed E-state index contributed by atoms with van der Waals surface area (Å²) in [4.78, 5) is 16.8.